The van der Waals surface area contributed by atoms with E-state index in [0.29, 0.717) is 22.4 Å². The van der Waals surface area contributed by atoms with Crippen molar-refractivity contribution in [3.8, 4) is 17.0 Å². The summed E-state index contributed by atoms with van der Waals surface area (Å²) in [4.78, 5) is 26.6. The van der Waals surface area contributed by atoms with Gasteiger partial charge in [0.1, 0.15) is 5.75 Å². The maximum atomic E-state index is 13.0. The van der Waals surface area contributed by atoms with Crippen LogP contribution in [-0.4, -0.2) is 33.5 Å². The van der Waals surface area contributed by atoms with Crippen LogP contribution in [0.15, 0.2) is 69.5 Å². The second kappa shape index (κ2) is 8.94. The number of carbonyl (C=O) groups is 1. The van der Waals surface area contributed by atoms with E-state index in [1.165, 1.54) is 11.8 Å². The number of hydrogen-bond donors (Lipinski definition) is 3. The Bertz CT molecular complexity index is 1210. The van der Waals surface area contributed by atoms with Crippen molar-refractivity contribution < 1.29 is 19.3 Å². The van der Waals surface area contributed by atoms with Crippen LogP contribution >= 0.6 is 27.7 Å². The minimum atomic E-state index is -1.04. The van der Waals surface area contributed by atoms with Crippen LogP contribution in [0.5, 0.6) is 5.75 Å². The van der Waals surface area contributed by atoms with Crippen molar-refractivity contribution >= 4 is 39.3 Å². The van der Waals surface area contributed by atoms with Crippen molar-refractivity contribution in [2.75, 3.05) is 17.7 Å². The van der Waals surface area contributed by atoms with Crippen LogP contribution in [0.2, 0.25) is 0 Å². The summed E-state index contributed by atoms with van der Waals surface area (Å²) in [7, 11) is 0. The Morgan fingerprint density at radius 1 is 1.32 bits per heavy atom. The largest absolute Gasteiger partial charge is 0.482 e. The van der Waals surface area contributed by atoms with Gasteiger partial charge in [0.05, 0.1) is 11.3 Å². The van der Waals surface area contributed by atoms with E-state index in [9.17, 15) is 9.59 Å². The van der Waals surface area contributed by atoms with Crippen molar-refractivity contribution in [3.63, 3.8) is 0 Å². The number of aromatic nitrogens is 3. The molecule has 1 aliphatic heterocycles. The number of halogens is 1. The number of thioether (sulfide) groups is 1. The van der Waals surface area contributed by atoms with E-state index in [1.54, 1.807) is 22.9 Å². The Morgan fingerprint density at radius 2 is 2.10 bits per heavy atom. The molecular weight excluding hydrogens is 484 g/mol. The quantitative estimate of drug-likeness (QED) is 0.259. The predicted molar refractivity (Wildman–Crippen MR) is 120 cm³/mol. The Hall–Kier alpha value is -3.11. The SMILES string of the molecule is C=CCSc1n[n+]2c(c(=O)[nH]1)-c1cc(Br)ccc1N[C@@H]2c1ccc(OCC(=O)O)cc1. The van der Waals surface area contributed by atoms with E-state index in [2.05, 4.69) is 37.9 Å². The molecular formula is C21H18BrN4O4S+. The molecule has 0 saturated heterocycles. The fraction of sp³-hybridized carbons (Fsp3) is 0.143. The standard InChI is InChI=1S/C21H17BrN4O4S/c1-2-9-31-21-24-20(29)18-15-10-13(22)5-8-16(15)23-19(26(18)25-21)12-3-6-14(7-4-12)30-11-17(27)28/h2-8,10,19H,1,9,11H2,(H2,24,25,27,28,29)/p+1/t19-/m0/s1. The molecule has 158 valence electrons. The van der Waals surface area contributed by atoms with Crippen LogP contribution < -0.4 is 20.3 Å². The van der Waals surface area contributed by atoms with E-state index in [-0.39, 0.29) is 5.56 Å². The molecule has 0 aliphatic carbocycles. The molecule has 1 aromatic heterocycles. The van der Waals surface area contributed by atoms with E-state index in [4.69, 9.17) is 9.84 Å². The normalized spacial score (nSPS) is 14.2. The highest BCUT2D eigenvalue weighted by Crippen LogP contribution is 2.34. The Balaban J connectivity index is 1.79. The summed E-state index contributed by atoms with van der Waals surface area (Å²) in [5, 5.41) is 17.4. The average molecular weight is 502 g/mol. The fourth-order valence-corrected chi connectivity index (χ4v) is 4.18. The minimum Gasteiger partial charge on any atom is -0.482 e. The molecule has 2 aromatic carbocycles. The molecule has 3 N–H and O–H groups in total. The highest BCUT2D eigenvalue weighted by atomic mass is 79.9. The first-order valence-electron chi connectivity index (χ1n) is 9.27. The lowest BCUT2D eigenvalue weighted by atomic mass is 10.0. The van der Waals surface area contributed by atoms with E-state index >= 15 is 0 Å². The Kier molecular flexibility index (Phi) is 6.10. The van der Waals surface area contributed by atoms with Gasteiger partial charge in [-0.2, -0.15) is 0 Å². The lowest BCUT2D eigenvalue weighted by Crippen LogP contribution is -2.55. The van der Waals surface area contributed by atoms with Gasteiger partial charge in [-0.1, -0.05) is 33.8 Å². The molecule has 0 spiro atoms. The van der Waals surface area contributed by atoms with Crippen molar-refractivity contribution in [2.24, 2.45) is 0 Å². The van der Waals surface area contributed by atoms with Gasteiger partial charge in [-0.05, 0) is 47.1 Å². The molecule has 4 rings (SSSR count). The smallest absolute Gasteiger partial charge is 0.341 e. The lowest BCUT2D eigenvalue weighted by molar-refractivity contribution is -0.759. The van der Waals surface area contributed by atoms with Crippen molar-refractivity contribution in [2.45, 2.75) is 11.3 Å². The molecule has 31 heavy (non-hydrogen) atoms. The first kappa shape index (κ1) is 21.1. The summed E-state index contributed by atoms with van der Waals surface area (Å²) < 4.78 is 7.74. The number of carboxylic acids is 1. The number of rotatable bonds is 7. The van der Waals surface area contributed by atoms with Gasteiger partial charge in [-0.3, -0.25) is 9.78 Å². The van der Waals surface area contributed by atoms with E-state index in [1.807, 2.05) is 30.3 Å². The number of carboxylic acid groups (broad SMARTS) is 1. The van der Waals surface area contributed by atoms with Crippen LogP contribution in [0.4, 0.5) is 5.69 Å². The average Bonchev–Trinajstić information content (AvgIpc) is 2.76. The number of H-pyrrole nitrogens is 1. The van der Waals surface area contributed by atoms with Gasteiger partial charge < -0.3 is 15.2 Å². The molecule has 3 aromatic rings. The highest BCUT2D eigenvalue weighted by molar-refractivity contribution is 9.10. The van der Waals surface area contributed by atoms with Gasteiger partial charge >= 0.3 is 17.2 Å². The van der Waals surface area contributed by atoms with Crippen LogP contribution in [0.1, 0.15) is 11.7 Å². The van der Waals surface area contributed by atoms with Crippen molar-refractivity contribution in [1.29, 1.82) is 0 Å². The number of hydrogen-bond acceptors (Lipinski definition) is 6. The third-order valence-corrected chi connectivity index (χ3v) is 5.89. The van der Waals surface area contributed by atoms with Crippen molar-refractivity contribution in [1.82, 2.24) is 10.1 Å². The van der Waals surface area contributed by atoms with Crippen LogP contribution in [0.25, 0.3) is 11.3 Å². The molecule has 8 nitrogen and oxygen atoms in total. The number of fused-ring (bicyclic) bond motifs is 3. The molecule has 0 amide bonds. The summed E-state index contributed by atoms with van der Waals surface area (Å²) in [6.45, 7) is 3.29. The highest BCUT2D eigenvalue weighted by Gasteiger charge is 2.37. The minimum absolute atomic E-state index is 0.242. The Labute approximate surface area is 190 Å². The molecule has 0 bridgehead atoms. The molecule has 1 atom stereocenters. The van der Waals surface area contributed by atoms with Gasteiger partial charge in [0.15, 0.2) is 6.61 Å². The van der Waals surface area contributed by atoms with Crippen LogP contribution in [0, 0.1) is 0 Å². The molecule has 0 saturated carbocycles. The van der Waals surface area contributed by atoms with E-state index in [0.717, 1.165) is 21.3 Å². The number of ether oxygens (including phenoxy) is 1. The lowest BCUT2D eigenvalue weighted by Gasteiger charge is -2.22. The van der Waals surface area contributed by atoms with Crippen molar-refractivity contribution in [3.05, 3.63) is 75.5 Å². The van der Waals surface area contributed by atoms with Crippen LogP contribution in [-0.2, 0) is 4.79 Å². The zero-order valence-electron chi connectivity index (χ0n) is 16.2. The number of anilines is 1. The molecule has 0 unspecified atom stereocenters. The molecule has 1 aliphatic rings. The zero-order chi connectivity index (χ0) is 22.0. The number of nitrogens with one attached hydrogen (secondary N) is 2. The molecule has 2 heterocycles. The van der Waals surface area contributed by atoms with Gasteiger partial charge in [0.2, 0.25) is 5.16 Å². The molecule has 10 heteroatoms. The maximum absolute atomic E-state index is 13.0. The fourth-order valence-electron chi connectivity index (χ4n) is 3.23. The number of aliphatic carboxylic acids is 1. The number of aromatic amines is 1. The summed E-state index contributed by atoms with van der Waals surface area (Å²) in [6, 6.07) is 12.7. The summed E-state index contributed by atoms with van der Waals surface area (Å²) in [6.07, 6.45) is 1.30. The predicted octanol–water partition coefficient (Wildman–Crippen LogP) is 3.20. The van der Waals surface area contributed by atoms with Gasteiger partial charge in [-0.25, -0.2) is 4.79 Å². The Morgan fingerprint density at radius 3 is 2.81 bits per heavy atom. The summed E-state index contributed by atoms with van der Waals surface area (Å²) in [5.74, 6) is 0.00820. The topological polar surface area (TPSA) is 108 Å². The third-order valence-electron chi connectivity index (χ3n) is 4.53. The number of nitrogens with zero attached hydrogens (tertiary/aromatic N) is 2. The molecule has 0 fully saturated rings. The van der Waals surface area contributed by atoms with E-state index < -0.39 is 18.7 Å². The monoisotopic (exact) mass is 501 g/mol. The summed E-state index contributed by atoms with van der Waals surface area (Å²) in [5.41, 5.74) is 2.57. The first-order valence-corrected chi connectivity index (χ1v) is 11.0. The van der Waals surface area contributed by atoms with Crippen LogP contribution in [0.3, 0.4) is 0 Å². The second-order valence-electron chi connectivity index (χ2n) is 6.64. The maximum Gasteiger partial charge on any atom is 0.341 e. The number of benzene rings is 2. The summed E-state index contributed by atoms with van der Waals surface area (Å²) >= 11 is 4.85. The first-order chi connectivity index (χ1) is 15.0. The van der Waals surface area contributed by atoms with Gasteiger partial charge in [-0.15, -0.1) is 6.58 Å². The van der Waals surface area contributed by atoms with Gasteiger partial charge in [0.25, 0.3) is 6.17 Å². The van der Waals surface area contributed by atoms with Gasteiger partial charge in [0, 0.05) is 20.9 Å². The third kappa shape index (κ3) is 4.49. The zero-order valence-corrected chi connectivity index (χ0v) is 18.6. The molecule has 0 radical (unpaired) electrons. The second-order valence-corrected chi connectivity index (χ2v) is 8.56.